The van der Waals surface area contributed by atoms with Crippen LogP contribution in [0.15, 0.2) is 18.2 Å². The minimum atomic E-state index is 0.450. The lowest BCUT2D eigenvalue weighted by Crippen LogP contribution is -2.22. The van der Waals surface area contributed by atoms with Crippen LogP contribution < -0.4 is 5.32 Å². The topological polar surface area (TPSA) is 12.0 Å². The summed E-state index contributed by atoms with van der Waals surface area (Å²) in [6.07, 6.45) is 9.06. The van der Waals surface area contributed by atoms with Crippen LogP contribution in [0.25, 0.3) is 0 Å². The van der Waals surface area contributed by atoms with Crippen molar-refractivity contribution in [1.82, 2.24) is 5.32 Å². The zero-order chi connectivity index (χ0) is 14.8. The van der Waals surface area contributed by atoms with E-state index in [1.807, 2.05) is 0 Å². The zero-order valence-electron chi connectivity index (χ0n) is 12.7. The van der Waals surface area contributed by atoms with E-state index in [4.69, 9.17) is 11.6 Å². The molecule has 0 aromatic heterocycles. The second kappa shape index (κ2) is 10.9. The van der Waals surface area contributed by atoms with Gasteiger partial charge in [0.05, 0.1) is 5.02 Å². The molecule has 0 saturated heterocycles. The molecule has 1 unspecified atom stereocenters. The van der Waals surface area contributed by atoms with E-state index in [1.165, 1.54) is 50.5 Å². The maximum absolute atomic E-state index is 6.26. The molecule has 0 aliphatic rings. The van der Waals surface area contributed by atoms with Gasteiger partial charge in [-0.3, -0.25) is 0 Å². The molecule has 1 N–H and O–H groups in total. The Morgan fingerprint density at radius 1 is 1.10 bits per heavy atom. The molecule has 20 heavy (non-hydrogen) atoms. The zero-order valence-corrected chi connectivity index (χ0v) is 15.6. The van der Waals surface area contributed by atoms with Crippen molar-refractivity contribution in [3.63, 3.8) is 0 Å². The molecular formula is C17H27ClIN. The smallest absolute Gasteiger partial charge is 0.0542 e. The lowest BCUT2D eigenvalue weighted by Gasteiger charge is -2.19. The van der Waals surface area contributed by atoms with Crippen LogP contribution in [0, 0.1) is 3.57 Å². The highest BCUT2D eigenvalue weighted by atomic mass is 127. The van der Waals surface area contributed by atoms with Gasteiger partial charge in [-0.15, -0.1) is 0 Å². The molecular weight excluding hydrogens is 381 g/mol. The van der Waals surface area contributed by atoms with Gasteiger partial charge < -0.3 is 5.32 Å². The summed E-state index contributed by atoms with van der Waals surface area (Å²) in [4.78, 5) is 0. The van der Waals surface area contributed by atoms with Crippen LogP contribution in [0.3, 0.4) is 0 Å². The average Bonchev–Trinajstić information content (AvgIpc) is 2.45. The van der Waals surface area contributed by atoms with Crippen LogP contribution in [-0.2, 0) is 0 Å². The Morgan fingerprint density at radius 2 is 1.85 bits per heavy atom. The average molecular weight is 408 g/mol. The molecule has 1 atom stereocenters. The predicted molar refractivity (Wildman–Crippen MR) is 98.6 cm³/mol. The third-order valence-corrected chi connectivity index (χ3v) is 5.16. The monoisotopic (exact) mass is 407 g/mol. The van der Waals surface area contributed by atoms with Gasteiger partial charge in [-0.05, 0) is 59.7 Å². The highest BCUT2D eigenvalue weighted by Gasteiger charge is 2.11. The molecule has 0 aliphatic heterocycles. The first-order valence-corrected chi connectivity index (χ1v) is 9.33. The fourth-order valence-electron chi connectivity index (χ4n) is 2.39. The first-order valence-electron chi connectivity index (χ1n) is 7.87. The van der Waals surface area contributed by atoms with Gasteiger partial charge in [0, 0.05) is 9.61 Å². The van der Waals surface area contributed by atoms with Crippen molar-refractivity contribution in [2.45, 2.75) is 64.8 Å². The first-order chi connectivity index (χ1) is 9.69. The molecule has 1 rings (SSSR count). The SMILES string of the molecule is CCCCCCCC(NCCC)c1ccc(I)c(Cl)c1. The number of rotatable bonds is 10. The maximum Gasteiger partial charge on any atom is 0.0542 e. The molecule has 0 saturated carbocycles. The Labute approximate surface area is 143 Å². The van der Waals surface area contributed by atoms with Crippen LogP contribution >= 0.6 is 34.2 Å². The van der Waals surface area contributed by atoms with Gasteiger partial charge in [-0.2, -0.15) is 0 Å². The third-order valence-electron chi connectivity index (χ3n) is 3.58. The molecule has 1 aromatic rings. The molecule has 0 spiro atoms. The van der Waals surface area contributed by atoms with Gasteiger partial charge in [0.2, 0.25) is 0 Å². The number of nitrogens with one attached hydrogen (secondary N) is 1. The Bertz CT molecular complexity index is 381. The van der Waals surface area contributed by atoms with Crippen LogP contribution in [0.5, 0.6) is 0 Å². The van der Waals surface area contributed by atoms with Crippen molar-refractivity contribution in [2.75, 3.05) is 6.54 Å². The van der Waals surface area contributed by atoms with Crippen LogP contribution in [-0.4, -0.2) is 6.54 Å². The normalized spacial score (nSPS) is 12.6. The summed E-state index contributed by atoms with van der Waals surface area (Å²) < 4.78 is 1.13. The van der Waals surface area contributed by atoms with Gasteiger partial charge in [0.25, 0.3) is 0 Å². The van der Waals surface area contributed by atoms with Crippen LogP contribution in [0.4, 0.5) is 0 Å². The number of halogens is 2. The molecule has 3 heteroatoms. The van der Waals surface area contributed by atoms with E-state index < -0.39 is 0 Å². The molecule has 0 aliphatic carbocycles. The van der Waals surface area contributed by atoms with Gasteiger partial charge in [0.15, 0.2) is 0 Å². The van der Waals surface area contributed by atoms with E-state index in [9.17, 15) is 0 Å². The Hall–Kier alpha value is 0.200. The summed E-state index contributed by atoms with van der Waals surface area (Å²) >= 11 is 8.54. The van der Waals surface area contributed by atoms with E-state index in [0.29, 0.717) is 6.04 Å². The van der Waals surface area contributed by atoms with Crippen molar-refractivity contribution in [1.29, 1.82) is 0 Å². The molecule has 114 valence electrons. The van der Waals surface area contributed by atoms with Crippen molar-refractivity contribution < 1.29 is 0 Å². The highest BCUT2D eigenvalue weighted by Crippen LogP contribution is 2.26. The molecule has 0 radical (unpaired) electrons. The minimum Gasteiger partial charge on any atom is -0.310 e. The number of hydrogen-bond acceptors (Lipinski definition) is 1. The number of unbranched alkanes of at least 4 members (excludes halogenated alkanes) is 4. The largest absolute Gasteiger partial charge is 0.310 e. The molecule has 1 nitrogen and oxygen atoms in total. The van der Waals surface area contributed by atoms with Crippen LogP contribution in [0.1, 0.15) is 70.4 Å². The van der Waals surface area contributed by atoms with Gasteiger partial charge in [0.1, 0.15) is 0 Å². The van der Waals surface area contributed by atoms with Crippen LogP contribution in [0.2, 0.25) is 5.02 Å². The Morgan fingerprint density at radius 3 is 2.50 bits per heavy atom. The third kappa shape index (κ3) is 6.77. The Kier molecular flexibility index (Phi) is 9.91. The quantitative estimate of drug-likeness (QED) is 0.352. The van der Waals surface area contributed by atoms with Crippen molar-refractivity contribution >= 4 is 34.2 Å². The minimum absolute atomic E-state index is 0.450. The molecule has 1 aromatic carbocycles. The highest BCUT2D eigenvalue weighted by molar-refractivity contribution is 14.1. The lowest BCUT2D eigenvalue weighted by atomic mass is 9.99. The lowest BCUT2D eigenvalue weighted by molar-refractivity contribution is 0.468. The number of hydrogen-bond donors (Lipinski definition) is 1. The summed E-state index contributed by atoms with van der Waals surface area (Å²) in [5.74, 6) is 0. The van der Waals surface area contributed by atoms with E-state index in [1.54, 1.807) is 0 Å². The second-order valence-corrected chi connectivity index (χ2v) is 6.95. The fourth-order valence-corrected chi connectivity index (χ4v) is 2.91. The first kappa shape index (κ1) is 18.2. The van der Waals surface area contributed by atoms with Gasteiger partial charge in [-0.1, -0.05) is 63.6 Å². The van der Waals surface area contributed by atoms with Gasteiger partial charge in [-0.25, -0.2) is 0 Å². The van der Waals surface area contributed by atoms with Crippen molar-refractivity contribution in [3.8, 4) is 0 Å². The summed E-state index contributed by atoms with van der Waals surface area (Å²) in [5.41, 5.74) is 1.33. The standard InChI is InChI=1S/C17H27ClIN/c1-3-5-6-7-8-9-17(20-12-4-2)14-10-11-16(19)15(18)13-14/h10-11,13,17,20H,3-9,12H2,1-2H3. The summed E-state index contributed by atoms with van der Waals surface area (Å²) in [6.45, 7) is 5.55. The van der Waals surface area contributed by atoms with E-state index >= 15 is 0 Å². The number of benzene rings is 1. The predicted octanol–water partition coefficient (Wildman–Crippen LogP) is 6.35. The second-order valence-electron chi connectivity index (χ2n) is 5.38. The molecule has 0 amide bonds. The fraction of sp³-hybridized carbons (Fsp3) is 0.647. The Balaban J connectivity index is 2.55. The summed E-state index contributed by atoms with van der Waals surface area (Å²) in [7, 11) is 0. The van der Waals surface area contributed by atoms with Crippen molar-refractivity contribution in [3.05, 3.63) is 32.4 Å². The summed E-state index contributed by atoms with van der Waals surface area (Å²) in [5, 5.41) is 4.53. The molecule has 0 fully saturated rings. The maximum atomic E-state index is 6.26. The van der Waals surface area contributed by atoms with E-state index in [0.717, 1.165) is 15.1 Å². The molecule has 0 heterocycles. The van der Waals surface area contributed by atoms with Gasteiger partial charge >= 0.3 is 0 Å². The van der Waals surface area contributed by atoms with E-state index in [-0.39, 0.29) is 0 Å². The molecule has 0 bridgehead atoms. The van der Waals surface area contributed by atoms with Crippen molar-refractivity contribution in [2.24, 2.45) is 0 Å². The van der Waals surface area contributed by atoms with E-state index in [2.05, 4.69) is 60.0 Å². The summed E-state index contributed by atoms with van der Waals surface area (Å²) in [6, 6.07) is 6.91.